The van der Waals surface area contributed by atoms with E-state index in [1.165, 1.54) is 4.88 Å². The van der Waals surface area contributed by atoms with E-state index in [0.717, 1.165) is 23.6 Å². The second-order valence-corrected chi connectivity index (χ2v) is 5.52. The third-order valence-corrected chi connectivity index (χ3v) is 4.05. The van der Waals surface area contributed by atoms with Gasteiger partial charge in [-0.3, -0.25) is 0 Å². The summed E-state index contributed by atoms with van der Waals surface area (Å²) in [4.78, 5) is 16.2. The zero-order valence-electron chi connectivity index (χ0n) is 10.9. The van der Waals surface area contributed by atoms with Crippen LogP contribution in [0.1, 0.15) is 22.0 Å². The molecule has 0 spiro atoms. The van der Waals surface area contributed by atoms with E-state index in [2.05, 4.69) is 19.9 Å². The minimum absolute atomic E-state index is 0.519. The van der Waals surface area contributed by atoms with Gasteiger partial charge >= 0.3 is 0 Å². The molecular formula is C12H15ClN4S. The van der Waals surface area contributed by atoms with Gasteiger partial charge in [0.2, 0.25) is 0 Å². The third-order valence-electron chi connectivity index (χ3n) is 2.76. The maximum Gasteiger partial charge on any atom is 0.137 e. The van der Waals surface area contributed by atoms with Crippen molar-refractivity contribution < 1.29 is 0 Å². The van der Waals surface area contributed by atoms with Gasteiger partial charge in [-0.1, -0.05) is 11.6 Å². The molecule has 0 unspecified atom stereocenters. The van der Waals surface area contributed by atoms with Crippen molar-refractivity contribution in [3.8, 4) is 0 Å². The van der Waals surface area contributed by atoms with Gasteiger partial charge in [-0.05, 0) is 20.8 Å². The number of aryl methyl sites for hydroxylation is 2. The number of thiazole rings is 1. The zero-order chi connectivity index (χ0) is 13.3. The maximum atomic E-state index is 6.09. The Morgan fingerprint density at radius 2 is 2.00 bits per heavy atom. The van der Waals surface area contributed by atoms with Crippen LogP contribution < -0.4 is 4.90 Å². The number of halogens is 1. The first-order chi connectivity index (χ1) is 8.49. The summed E-state index contributed by atoms with van der Waals surface area (Å²) in [6.45, 7) is 6.59. The molecular weight excluding hydrogens is 268 g/mol. The van der Waals surface area contributed by atoms with Crippen molar-refractivity contribution in [3.05, 3.63) is 32.6 Å². The van der Waals surface area contributed by atoms with Crippen molar-refractivity contribution >= 4 is 28.8 Å². The van der Waals surface area contributed by atoms with Crippen molar-refractivity contribution in [2.45, 2.75) is 27.3 Å². The van der Waals surface area contributed by atoms with E-state index in [1.807, 2.05) is 33.3 Å². The third kappa shape index (κ3) is 2.62. The van der Waals surface area contributed by atoms with Crippen molar-refractivity contribution in [2.75, 3.05) is 11.9 Å². The highest BCUT2D eigenvalue weighted by Gasteiger charge is 2.13. The Labute approximate surface area is 116 Å². The minimum Gasteiger partial charge on any atom is -0.354 e. The van der Waals surface area contributed by atoms with Gasteiger partial charge in [-0.2, -0.15) is 0 Å². The molecule has 0 radical (unpaired) electrons. The number of rotatable bonds is 3. The molecule has 0 bridgehead atoms. The average molecular weight is 283 g/mol. The van der Waals surface area contributed by atoms with Crippen LogP contribution in [0.5, 0.6) is 0 Å². The first-order valence-electron chi connectivity index (χ1n) is 5.60. The SMILES string of the molecule is Cc1nc(Cl)c(C)c(N(C)Cc2scnc2C)n1. The van der Waals surface area contributed by atoms with Gasteiger partial charge < -0.3 is 4.90 Å². The molecule has 0 aliphatic carbocycles. The van der Waals surface area contributed by atoms with Gasteiger partial charge in [0, 0.05) is 17.5 Å². The molecule has 0 N–H and O–H groups in total. The fourth-order valence-corrected chi connectivity index (χ4v) is 2.76. The highest BCUT2D eigenvalue weighted by atomic mass is 35.5. The molecule has 2 aromatic heterocycles. The number of hydrogen-bond acceptors (Lipinski definition) is 5. The van der Waals surface area contributed by atoms with E-state index in [9.17, 15) is 0 Å². The molecule has 2 rings (SSSR count). The van der Waals surface area contributed by atoms with Crippen molar-refractivity contribution in [1.82, 2.24) is 15.0 Å². The maximum absolute atomic E-state index is 6.09. The van der Waals surface area contributed by atoms with Gasteiger partial charge in [0.1, 0.15) is 16.8 Å². The first kappa shape index (κ1) is 13.2. The van der Waals surface area contributed by atoms with Crippen LogP contribution in [0.15, 0.2) is 5.51 Å². The normalized spacial score (nSPS) is 10.7. The molecule has 0 fully saturated rings. The second-order valence-electron chi connectivity index (χ2n) is 4.23. The number of nitrogens with zero attached hydrogens (tertiary/aromatic N) is 4. The second kappa shape index (κ2) is 5.20. The zero-order valence-corrected chi connectivity index (χ0v) is 12.4. The Kier molecular flexibility index (Phi) is 3.82. The molecule has 6 heteroatoms. The number of hydrogen-bond donors (Lipinski definition) is 0. The van der Waals surface area contributed by atoms with Crippen molar-refractivity contribution in [1.29, 1.82) is 0 Å². The Morgan fingerprint density at radius 3 is 2.61 bits per heavy atom. The monoisotopic (exact) mass is 282 g/mol. The van der Waals surface area contributed by atoms with Crippen LogP contribution in [-0.2, 0) is 6.54 Å². The highest BCUT2D eigenvalue weighted by Crippen LogP contribution is 2.25. The van der Waals surface area contributed by atoms with Crippen LogP contribution in [-0.4, -0.2) is 22.0 Å². The lowest BCUT2D eigenvalue weighted by atomic mass is 10.3. The number of anilines is 1. The summed E-state index contributed by atoms with van der Waals surface area (Å²) in [6.07, 6.45) is 0. The van der Waals surface area contributed by atoms with Crippen molar-refractivity contribution in [2.24, 2.45) is 0 Å². The molecule has 2 heterocycles. The lowest BCUT2D eigenvalue weighted by Gasteiger charge is -2.20. The molecule has 0 aliphatic heterocycles. The fraction of sp³-hybridized carbons (Fsp3) is 0.417. The fourth-order valence-electron chi connectivity index (χ4n) is 1.72. The minimum atomic E-state index is 0.519. The quantitative estimate of drug-likeness (QED) is 0.811. The van der Waals surface area contributed by atoms with Gasteiger partial charge in [0.25, 0.3) is 0 Å². The lowest BCUT2D eigenvalue weighted by molar-refractivity contribution is 0.872. The van der Waals surface area contributed by atoms with Crippen LogP contribution >= 0.6 is 22.9 Å². The van der Waals surface area contributed by atoms with E-state index in [4.69, 9.17) is 11.6 Å². The summed E-state index contributed by atoms with van der Waals surface area (Å²) in [7, 11) is 2.00. The molecule has 0 saturated heterocycles. The van der Waals surface area contributed by atoms with E-state index in [1.54, 1.807) is 11.3 Å². The summed E-state index contributed by atoms with van der Waals surface area (Å²) in [5.74, 6) is 1.56. The first-order valence-corrected chi connectivity index (χ1v) is 6.85. The largest absolute Gasteiger partial charge is 0.354 e. The smallest absolute Gasteiger partial charge is 0.137 e. The van der Waals surface area contributed by atoms with Crippen LogP contribution in [0.25, 0.3) is 0 Å². The molecule has 0 amide bonds. The molecule has 0 saturated carbocycles. The molecule has 96 valence electrons. The van der Waals surface area contributed by atoms with E-state index in [0.29, 0.717) is 11.0 Å². The molecule has 0 atom stereocenters. The Bertz CT molecular complexity index is 567. The van der Waals surface area contributed by atoms with Gasteiger partial charge in [-0.25, -0.2) is 15.0 Å². The van der Waals surface area contributed by atoms with Crippen LogP contribution in [0.3, 0.4) is 0 Å². The summed E-state index contributed by atoms with van der Waals surface area (Å²) in [5, 5.41) is 0.519. The predicted molar refractivity (Wildman–Crippen MR) is 75.5 cm³/mol. The Hall–Kier alpha value is -1.20. The standard InChI is InChI=1S/C12H15ClN4S/c1-7-11(13)15-9(3)16-12(7)17(4)5-10-8(2)14-6-18-10/h6H,5H2,1-4H3. The molecule has 0 aliphatic rings. The van der Waals surface area contributed by atoms with Crippen LogP contribution in [0.4, 0.5) is 5.82 Å². The van der Waals surface area contributed by atoms with Crippen LogP contribution in [0.2, 0.25) is 5.15 Å². The molecule has 18 heavy (non-hydrogen) atoms. The topological polar surface area (TPSA) is 41.9 Å². The van der Waals surface area contributed by atoms with Gasteiger partial charge in [0.05, 0.1) is 17.7 Å². The van der Waals surface area contributed by atoms with Crippen LogP contribution in [0, 0.1) is 20.8 Å². The summed E-state index contributed by atoms with van der Waals surface area (Å²) in [5.41, 5.74) is 3.84. The summed E-state index contributed by atoms with van der Waals surface area (Å²) in [6, 6.07) is 0. The van der Waals surface area contributed by atoms with Crippen molar-refractivity contribution in [3.63, 3.8) is 0 Å². The molecule has 0 aromatic carbocycles. The average Bonchev–Trinajstić information content (AvgIpc) is 2.69. The van der Waals surface area contributed by atoms with E-state index >= 15 is 0 Å². The van der Waals surface area contributed by atoms with E-state index in [-0.39, 0.29) is 0 Å². The molecule has 2 aromatic rings. The van der Waals surface area contributed by atoms with Gasteiger partial charge in [-0.15, -0.1) is 11.3 Å². The Balaban J connectivity index is 2.29. The van der Waals surface area contributed by atoms with E-state index < -0.39 is 0 Å². The predicted octanol–water partition coefficient (Wildman–Crippen LogP) is 3.15. The summed E-state index contributed by atoms with van der Waals surface area (Å²) < 4.78 is 0. The summed E-state index contributed by atoms with van der Waals surface area (Å²) >= 11 is 7.75. The van der Waals surface area contributed by atoms with Gasteiger partial charge in [0.15, 0.2) is 0 Å². The number of aromatic nitrogens is 3. The molecule has 4 nitrogen and oxygen atoms in total. The highest BCUT2D eigenvalue weighted by molar-refractivity contribution is 7.09. The lowest BCUT2D eigenvalue weighted by Crippen LogP contribution is -2.19. The Morgan fingerprint density at radius 1 is 1.28 bits per heavy atom.